The summed E-state index contributed by atoms with van der Waals surface area (Å²) in [6.07, 6.45) is 1.08. The predicted octanol–water partition coefficient (Wildman–Crippen LogP) is 3.62. The summed E-state index contributed by atoms with van der Waals surface area (Å²) in [5, 5.41) is 10.1. The fourth-order valence-electron chi connectivity index (χ4n) is 7.54. The Labute approximate surface area is 223 Å². The van der Waals surface area contributed by atoms with E-state index in [0.717, 1.165) is 35.0 Å². The minimum absolute atomic E-state index is 0.0101. The minimum Gasteiger partial charge on any atom is -0.481 e. The van der Waals surface area contributed by atoms with Crippen molar-refractivity contribution >= 4 is 46.6 Å². The van der Waals surface area contributed by atoms with Crippen molar-refractivity contribution in [3.05, 3.63) is 44.4 Å². The molecule has 4 aliphatic rings. The van der Waals surface area contributed by atoms with Gasteiger partial charge in [-0.2, -0.15) is 0 Å². The number of aromatic amines is 1. The fourth-order valence-corrected chi connectivity index (χ4v) is 10.4. The molecule has 0 radical (unpaired) electrons. The SMILES string of the molecule is CCN(CC)c1ccc([C@H]2c3sc(=O)[nH]c3S[C@H]3[C@@H]4C[C@H]([C@H]5C(=O)N(CCCC(=O)O)C(=O)[C@H]45)[C@H]23)cc1. The molecule has 1 saturated heterocycles. The molecular weight excluding hydrogens is 510 g/mol. The molecule has 6 rings (SSSR count). The van der Waals surface area contributed by atoms with Crippen molar-refractivity contribution < 1.29 is 19.5 Å². The van der Waals surface area contributed by atoms with E-state index in [1.807, 2.05) is 0 Å². The first kappa shape index (κ1) is 24.7. The Morgan fingerprint density at radius 3 is 2.41 bits per heavy atom. The molecule has 196 valence electrons. The zero-order chi connectivity index (χ0) is 26.0. The highest BCUT2D eigenvalue weighted by molar-refractivity contribution is 8.00. The van der Waals surface area contributed by atoms with E-state index < -0.39 is 5.97 Å². The normalized spacial score (nSPS) is 31.4. The van der Waals surface area contributed by atoms with Gasteiger partial charge in [-0.3, -0.25) is 24.1 Å². The van der Waals surface area contributed by atoms with Crippen LogP contribution in [0.1, 0.15) is 49.5 Å². The van der Waals surface area contributed by atoms with E-state index in [1.165, 1.54) is 21.9 Å². The van der Waals surface area contributed by atoms with Crippen molar-refractivity contribution in [1.29, 1.82) is 0 Å². The van der Waals surface area contributed by atoms with E-state index >= 15 is 0 Å². The molecule has 2 saturated carbocycles. The summed E-state index contributed by atoms with van der Waals surface area (Å²) >= 11 is 2.96. The highest BCUT2D eigenvalue weighted by Crippen LogP contribution is 2.68. The van der Waals surface area contributed by atoms with Crippen LogP contribution in [0.3, 0.4) is 0 Å². The highest BCUT2D eigenvalue weighted by Gasteiger charge is 2.69. The van der Waals surface area contributed by atoms with Crippen molar-refractivity contribution in [1.82, 2.24) is 9.88 Å². The van der Waals surface area contributed by atoms with Gasteiger partial charge in [-0.1, -0.05) is 23.5 Å². The molecule has 1 aromatic carbocycles. The number of likely N-dealkylation sites (tertiary alicyclic amines) is 1. The number of imide groups is 1. The van der Waals surface area contributed by atoms with Crippen LogP contribution in [-0.2, 0) is 14.4 Å². The number of thioether (sulfide) groups is 1. The number of carbonyl (C=O) groups excluding carboxylic acids is 2. The van der Waals surface area contributed by atoms with Crippen molar-refractivity contribution in [2.45, 2.75) is 49.3 Å². The largest absolute Gasteiger partial charge is 0.481 e. The Bertz CT molecular complexity index is 1300. The summed E-state index contributed by atoms with van der Waals surface area (Å²) in [5.74, 6) is -1.49. The summed E-state index contributed by atoms with van der Waals surface area (Å²) in [4.78, 5) is 58.0. The number of nitrogens with one attached hydrogen (secondary N) is 1. The van der Waals surface area contributed by atoms with Crippen LogP contribution in [0.5, 0.6) is 0 Å². The Morgan fingerprint density at radius 1 is 1.08 bits per heavy atom. The molecule has 3 fully saturated rings. The molecule has 2 bridgehead atoms. The van der Waals surface area contributed by atoms with Gasteiger partial charge in [-0.05, 0) is 62.1 Å². The third kappa shape index (κ3) is 3.78. The lowest BCUT2D eigenvalue weighted by Gasteiger charge is -2.43. The van der Waals surface area contributed by atoms with E-state index in [9.17, 15) is 19.2 Å². The number of hydrogen-bond acceptors (Lipinski definition) is 7. The molecule has 10 heteroatoms. The van der Waals surface area contributed by atoms with Crippen LogP contribution in [0, 0.1) is 29.6 Å². The van der Waals surface area contributed by atoms with Gasteiger partial charge >= 0.3 is 10.8 Å². The second-order valence-corrected chi connectivity index (χ2v) is 12.8. The molecule has 0 unspecified atom stereocenters. The van der Waals surface area contributed by atoms with E-state index in [1.54, 1.807) is 11.8 Å². The van der Waals surface area contributed by atoms with Gasteiger partial charge < -0.3 is 15.0 Å². The molecule has 2 aromatic rings. The number of amides is 2. The van der Waals surface area contributed by atoms with Gasteiger partial charge in [0.15, 0.2) is 0 Å². The van der Waals surface area contributed by atoms with Crippen LogP contribution >= 0.6 is 23.1 Å². The molecule has 2 aliphatic heterocycles. The molecule has 37 heavy (non-hydrogen) atoms. The Morgan fingerprint density at radius 2 is 1.76 bits per heavy atom. The van der Waals surface area contributed by atoms with Crippen LogP contribution in [0.15, 0.2) is 34.1 Å². The Balaban J connectivity index is 1.35. The summed E-state index contributed by atoms with van der Waals surface area (Å²) in [7, 11) is 0. The summed E-state index contributed by atoms with van der Waals surface area (Å²) < 4.78 is 0. The highest BCUT2D eigenvalue weighted by atomic mass is 32.2. The number of rotatable bonds is 8. The monoisotopic (exact) mass is 541 g/mol. The van der Waals surface area contributed by atoms with Gasteiger partial charge in [0.25, 0.3) is 0 Å². The quantitative estimate of drug-likeness (QED) is 0.491. The van der Waals surface area contributed by atoms with Gasteiger partial charge in [-0.25, -0.2) is 0 Å². The standard InChI is InChI=1S/C27H31N3O5S2/c1-3-29(4-2)14-9-7-13(8-10-14)18-19-15-12-16(22(19)36-24-23(18)37-27(35)28-24)21-20(15)25(33)30(26(21)34)11-5-6-17(31)32/h7-10,15-16,18-22H,3-6,11-12H2,1-2H3,(H,28,35)(H,31,32)/t15-,16+,18+,19+,20+,21+,22-/m0/s1. The average molecular weight is 542 g/mol. The van der Waals surface area contributed by atoms with Gasteiger partial charge in [0.1, 0.15) is 0 Å². The summed E-state index contributed by atoms with van der Waals surface area (Å²) in [6, 6.07) is 8.64. The van der Waals surface area contributed by atoms with Crippen LogP contribution in [-0.4, -0.2) is 57.7 Å². The first-order valence-electron chi connectivity index (χ1n) is 13.2. The third-order valence-corrected chi connectivity index (χ3v) is 11.6. The molecule has 3 heterocycles. The molecule has 8 nitrogen and oxygen atoms in total. The van der Waals surface area contributed by atoms with Crippen molar-refractivity contribution in [3.8, 4) is 0 Å². The minimum atomic E-state index is -0.920. The number of hydrogen-bond donors (Lipinski definition) is 2. The maximum absolute atomic E-state index is 13.5. The number of aliphatic carboxylic acids is 1. The van der Waals surface area contributed by atoms with Crippen molar-refractivity contribution in [3.63, 3.8) is 0 Å². The zero-order valence-electron chi connectivity index (χ0n) is 20.9. The number of thiazole rings is 1. The molecule has 0 spiro atoms. The lowest BCUT2D eigenvalue weighted by molar-refractivity contribution is -0.142. The molecule has 2 aliphatic carbocycles. The second-order valence-electron chi connectivity index (χ2n) is 10.5. The smallest absolute Gasteiger partial charge is 0.305 e. The number of carboxylic acid groups (broad SMARTS) is 1. The van der Waals surface area contributed by atoms with Crippen LogP contribution in [0.2, 0.25) is 0 Å². The van der Waals surface area contributed by atoms with Crippen LogP contribution < -0.4 is 9.77 Å². The number of carboxylic acids is 1. The predicted molar refractivity (Wildman–Crippen MR) is 142 cm³/mol. The number of benzene rings is 1. The van der Waals surface area contributed by atoms with E-state index in [2.05, 4.69) is 48.0 Å². The Hall–Kier alpha value is -2.59. The van der Waals surface area contributed by atoms with E-state index in [4.69, 9.17) is 5.11 Å². The number of aromatic nitrogens is 1. The van der Waals surface area contributed by atoms with E-state index in [-0.39, 0.29) is 76.8 Å². The topological polar surface area (TPSA) is 111 Å². The maximum Gasteiger partial charge on any atom is 0.305 e. The first-order valence-corrected chi connectivity index (χ1v) is 14.8. The molecule has 1 aromatic heterocycles. The van der Waals surface area contributed by atoms with Crippen molar-refractivity contribution in [2.24, 2.45) is 29.6 Å². The number of carbonyl (C=O) groups is 3. The summed E-state index contributed by atoms with van der Waals surface area (Å²) in [6.45, 7) is 6.31. The molecular formula is C27H31N3O5S2. The lowest BCUT2D eigenvalue weighted by atomic mass is 9.68. The van der Waals surface area contributed by atoms with E-state index in [0.29, 0.717) is 0 Å². The Kier molecular flexibility index (Phi) is 6.22. The number of anilines is 1. The molecule has 7 atom stereocenters. The molecule has 2 amide bonds. The van der Waals surface area contributed by atoms with Crippen LogP contribution in [0.4, 0.5) is 5.69 Å². The van der Waals surface area contributed by atoms with Crippen molar-refractivity contribution in [2.75, 3.05) is 24.5 Å². The number of H-pyrrole nitrogens is 1. The van der Waals surface area contributed by atoms with Gasteiger partial charge in [0.2, 0.25) is 11.8 Å². The lowest BCUT2D eigenvalue weighted by Crippen LogP contribution is -2.42. The third-order valence-electron chi connectivity index (χ3n) is 8.97. The summed E-state index contributed by atoms with van der Waals surface area (Å²) in [5.41, 5.74) is 2.32. The average Bonchev–Trinajstić information content (AvgIpc) is 3.60. The van der Waals surface area contributed by atoms with Crippen LogP contribution in [0.25, 0.3) is 0 Å². The maximum atomic E-state index is 13.5. The van der Waals surface area contributed by atoms with Gasteiger partial charge in [0.05, 0.1) is 16.9 Å². The fraction of sp³-hybridized carbons (Fsp3) is 0.556. The second kappa shape index (κ2) is 9.31. The number of fused-ring (bicyclic) bond motifs is 9. The molecule has 2 N–H and O–H groups in total. The number of nitrogens with zero attached hydrogens (tertiary/aromatic N) is 2. The first-order chi connectivity index (χ1) is 17.8. The van der Waals surface area contributed by atoms with Gasteiger partial charge in [0, 0.05) is 47.8 Å². The van der Waals surface area contributed by atoms with Gasteiger partial charge in [-0.15, -0.1) is 11.8 Å². The zero-order valence-corrected chi connectivity index (χ0v) is 22.5.